The number of carbonyl (C=O) groups is 1. The number of carbonyl (C=O) groups excluding carboxylic acids is 1. The maximum atomic E-state index is 12.8. The van der Waals surface area contributed by atoms with E-state index in [0.29, 0.717) is 35.4 Å². The Kier molecular flexibility index (Phi) is 4.55. The normalized spacial score (nSPS) is 25.0. The van der Waals surface area contributed by atoms with Gasteiger partial charge < -0.3 is 9.47 Å². The van der Waals surface area contributed by atoms with E-state index in [1.807, 2.05) is 0 Å². The third-order valence-corrected chi connectivity index (χ3v) is 5.03. The molecule has 0 saturated carbocycles. The molecule has 1 aromatic carbocycles. The second kappa shape index (κ2) is 6.25. The van der Waals surface area contributed by atoms with E-state index in [2.05, 4.69) is 0 Å². The summed E-state index contributed by atoms with van der Waals surface area (Å²) in [5.41, 5.74) is 0.334. The van der Waals surface area contributed by atoms with Crippen molar-refractivity contribution in [3.63, 3.8) is 0 Å². The predicted octanol–water partition coefficient (Wildman–Crippen LogP) is 4.15. The van der Waals surface area contributed by atoms with E-state index in [1.54, 1.807) is 18.2 Å². The van der Waals surface area contributed by atoms with Crippen molar-refractivity contribution < 1.29 is 14.3 Å². The van der Waals surface area contributed by atoms with Gasteiger partial charge in [0, 0.05) is 36.3 Å². The van der Waals surface area contributed by atoms with E-state index in [4.69, 9.17) is 32.7 Å². The maximum Gasteiger partial charge on any atom is 0.167 e. The molecular weight excluding hydrogens is 311 g/mol. The average Bonchev–Trinajstić information content (AvgIpc) is 2.50. The number of halogens is 2. The first kappa shape index (κ1) is 15.3. The molecule has 1 atom stereocenters. The second-order valence-electron chi connectivity index (χ2n) is 5.82. The summed E-state index contributed by atoms with van der Waals surface area (Å²) in [5.74, 6) is 0.0319. The zero-order valence-corrected chi connectivity index (χ0v) is 13.3. The Morgan fingerprint density at radius 2 is 1.95 bits per heavy atom. The van der Waals surface area contributed by atoms with Crippen LogP contribution in [0.4, 0.5) is 0 Å². The van der Waals surface area contributed by atoms with Crippen LogP contribution in [0.15, 0.2) is 18.2 Å². The van der Waals surface area contributed by atoms with Gasteiger partial charge in [-0.2, -0.15) is 0 Å². The molecule has 3 rings (SSSR count). The summed E-state index contributed by atoms with van der Waals surface area (Å²) >= 11 is 12.1. The first-order valence-electron chi connectivity index (χ1n) is 7.31. The lowest BCUT2D eigenvalue weighted by Gasteiger charge is -2.43. The number of Topliss-reactive ketones (excluding diaryl/α,β-unsaturated/α-hetero) is 1. The van der Waals surface area contributed by atoms with Crippen LogP contribution in [0.25, 0.3) is 0 Å². The van der Waals surface area contributed by atoms with Crippen LogP contribution in [0.3, 0.4) is 0 Å². The quantitative estimate of drug-likeness (QED) is 0.765. The molecule has 3 nitrogen and oxygen atoms in total. The highest BCUT2D eigenvalue weighted by molar-refractivity contribution is 6.36. The lowest BCUT2D eigenvalue weighted by molar-refractivity contribution is -0.142. The topological polar surface area (TPSA) is 35.5 Å². The molecule has 0 radical (unpaired) electrons. The van der Waals surface area contributed by atoms with Gasteiger partial charge in [0.15, 0.2) is 5.78 Å². The number of ketones is 1. The average molecular weight is 329 g/mol. The third kappa shape index (κ3) is 3.26. The van der Waals surface area contributed by atoms with Crippen molar-refractivity contribution in [3.05, 3.63) is 33.8 Å². The standard InChI is InChI=1S/C16H18Cl2O3/c17-12-1-2-14(18)13(9-12)15(19)11-3-6-21-16(10-11)4-7-20-8-5-16/h1-2,9,11H,3-8,10H2. The van der Waals surface area contributed by atoms with E-state index in [1.165, 1.54) is 0 Å². The highest BCUT2D eigenvalue weighted by atomic mass is 35.5. The third-order valence-electron chi connectivity index (χ3n) is 4.46. The van der Waals surface area contributed by atoms with Crippen molar-refractivity contribution in [1.29, 1.82) is 0 Å². The molecule has 1 unspecified atom stereocenters. The van der Waals surface area contributed by atoms with Gasteiger partial charge in [-0.15, -0.1) is 0 Å². The van der Waals surface area contributed by atoms with Gasteiger partial charge in [0.25, 0.3) is 0 Å². The van der Waals surface area contributed by atoms with Crippen LogP contribution in [-0.4, -0.2) is 31.2 Å². The summed E-state index contributed by atoms with van der Waals surface area (Å²) in [7, 11) is 0. The highest BCUT2D eigenvalue weighted by Crippen LogP contribution is 2.39. The molecule has 2 heterocycles. The van der Waals surface area contributed by atoms with E-state index >= 15 is 0 Å². The van der Waals surface area contributed by atoms with E-state index in [0.717, 1.165) is 25.7 Å². The molecule has 2 saturated heterocycles. The van der Waals surface area contributed by atoms with Crippen molar-refractivity contribution in [2.45, 2.75) is 31.3 Å². The molecule has 0 aromatic heterocycles. The summed E-state index contributed by atoms with van der Waals surface area (Å²) < 4.78 is 11.4. The fourth-order valence-corrected chi connectivity index (χ4v) is 3.63. The molecule has 21 heavy (non-hydrogen) atoms. The summed E-state index contributed by atoms with van der Waals surface area (Å²) in [6.07, 6.45) is 3.21. The molecule has 0 N–H and O–H groups in total. The fraction of sp³-hybridized carbons (Fsp3) is 0.562. The fourth-order valence-electron chi connectivity index (χ4n) is 3.25. The van der Waals surface area contributed by atoms with Crippen LogP contribution >= 0.6 is 23.2 Å². The minimum absolute atomic E-state index is 0.0483. The van der Waals surface area contributed by atoms with Crippen LogP contribution in [-0.2, 0) is 9.47 Å². The Morgan fingerprint density at radius 1 is 1.19 bits per heavy atom. The van der Waals surface area contributed by atoms with Gasteiger partial charge >= 0.3 is 0 Å². The maximum absolute atomic E-state index is 12.8. The van der Waals surface area contributed by atoms with Gasteiger partial charge in [0.05, 0.1) is 10.6 Å². The number of hydrogen-bond acceptors (Lipinski definition) is 3. The second-order valence-corrected chi connectivity index (χ2v) is 6.67. The monoisotopic (exact) mass is 328 g/mol. The van der Waals surface area contributed by atoms with E-state index < -0.39 is 0 Å². The Bertz CT molecular complexity index is 533. The molecule has 0 bridgehead atoms. The molecule has 1 spiro atoms. The van der Waals surface area contributed by atoms with Crippen molar-refractivity contribution in [2.75, 3.05) is 19.8 Å². The van der Waals surface area contributed by atoms with Crippen LogP contribution in [0.1, 0.15) is 36.0 Å². The lowest BCUT2D eigenvalue weighted by atomic mass is 9.78. The molecule has 0 amide bonds. The zero-order chi connectivity index (χ0) is 14.9. The lowest BCUT2D eigenvalue weighted by Crippen LogP contribution is -2.45. The molecule has 114 valence electrons. The summed E-state index contributed by atoms with van der Waals surface area (Å²) in [4.78, 5) is 12.8. The van der Waals surface area contributed by atoms with Gasteiger partial charge in [-0.05, 0) is 43.9 Å². The van der Waals surface area contributed by atoms with Gasteiger partial charge in [0.2, 0.25) is 0 Å². The van der Waals surface area contributed by atoms with Crippen molar-refractivity contribution in [2.24, 2.45) is 5.92 Å². The van der Waals surface area contributed by atoms with Crippen molar-refractivity contribution >= 4 is 29.0 Å². The summed E-state index contributed by atoms with van der Waals surface area (Å²) in [6, 6.07) is 5.05. The van der Waals surface area contributed by atoms with Crippen LogP contribution in [0.5, 0.6) is 0 Å². The van der Waals surface area contributed by atoms with Crippen LogP contribution in [0, 0.1) is 5.92 Å². The summed E-state index contributed by atoms with van der Waals surface area (Å²) in [5, 5.41) is 1.01. The smallest absolute Gasteiger partial charge is 0.167 e. The molecule has 1 aromatic rings. The number of benzene rings is 1. The van der Waals surface area contributed by atoms with Gasteiger partial charge in [0.1, 0.15) is 0 Å². The Balaban J connectivity index is 1.79. The van der Waals surface area contributed by atoms with E-state index in [-0.39, 0.29) is 17.3 Å². The Labute approximate surface area is 134 Å². The van der Waals surface area contributed by atoms with Gasteiger partial charge in [-0.25, -0.2) is 0 Å². The molecule has 5 heteroatoms. The van der Waals surface area contributed by atoms with Gasteiger partial charge in [-0.3, -0.25) is 4.79 Å². The SMILES string of the molecule is O=C(c1cc(Cl)ccc1Cl)C1CCOC2(CCOCC2)C1. The molecule has 2 aliphatic rings. The van der Waals surface area contributed by atoms with Crippen molar-refractivity contribution in [3.8, 4) is 0 Å². The predicted molar refractivity (Wildman–Crippen MR) is 82.3 cm³/mol. The minimum Gasteiger partial charge on any atom is -0.381 e. The number of ether oxygens (including phenoxy) is 2. The van der Waals surface area contributed by atoms with E-state index in [9.17, 15) is 4.79 Å². The van der Waals surface area contributed by atoms with Crippen LogP contribution in [0.2, 0.25) is 10.0 Å². The number of rotatable bonds is 2. The minimum atomic E-state index is -0.193. The first-order chi connectivity index (χ1) is 10.1. The summed E-state index contributed by atoms with van der Waals surface area (Å²) in [6.45, 7) is 2.03. The molecule has 2 fully saturated rings. The molecule has 2 aliphatic heterocycles. The van der Waals surface area contributed by atoms with Crippen LogP contribution < -0.4 is 0 Å². The highest BCUT2D eigenvalue weighted by Gasteiger charge is 2.41. The van der Waals surface area contributed by atoms with Crippen molar-refractivity contribution in [1.82, 2.24) is 0 Å². The first-order valence-corrected chi connectivity index (χ1v) is 8.06. The van der Waals surface area contributed by atoms with Gasteiger partial charge in [-0.1, -0.05) is 23.2 Å². The Morgan fingerprint density at radius 3 is 2.71 bits per heavy atom. The molecular formula is C16H18Cl2O3. The zero-order valence-electron chi connectivity index (χ0n) is 11.7. The largest absolute Gasteiger partial charge is 0.381 e. The molecule has 0 aliphatic carbocycles. The Hall–Kier alpha value is -0.610. The number of hydrogen-bond donors (Lipinski definition) is 0.